The maximum atomic E-state index is 12.8. The second kappa shape index (κ2) is 9.78. The molecule has 0 aliphatic heterocycles. The van der Waals surface area contributed by atoms with Crippen LogP contribution >= 0.6 is 0 Å². The van der Waals surface area contributed by atoms with Gasteiger partial charge >= 0.3 is 0 Å². The quantitative estimate of drug-likeness (QED) is 0.673. The highest BCUT2D eigenvalue weighted by atomic mass is 32.2. The Morgan fingerprint density at radius 1 is 1.14 bits per heavy atom. The van der Waals surface area contributed by atoms with E-state index in [1.165, 1.54) is 0 Å². The zero-order valence-corrected chi connectivity index (χ0v) is 18.5. The lowest BCUT2D eigenvalue weighted by Crippen LogP contribution is -2.41. The number of hydrogen-bond acceptors (Lipinski definition) is 4. The van der Waals surface area contributed by atoms with Gasteiger partial charge in [0.1, 0.15) is 12.3 Å². The van der Waals surface area contributed by atoms with Crippen molar-refractivity contribution in [3.05, 3.63) is 59.2 Å². The van der Waals surface area contributed by atoms with Crippen LogP contribution in [0.5, 0.6) is 5.75 Å². The predicted molar refractivity (Wildman–Crippen MR) is 117 cm³/mol. The molecule has 1 amide bonds. The SMILES string of the molecule is CCOc1cccc(N(CC(=O)N[C@@H](CC)c2ccc(C)cc2C)S(C)(=O)=O)c1. The molecule has 2 aromatic carbocycles. The van der Waals surface area contributed by atoms with Crippen LogP contribution in [0, 0.1) is 13.8 Å². The monoisotopic (exact) mass is 418 g/mol. The van der Waals surface area contributed by atoms with E-state index in [1.807, 2.05) is 39.8 Å². The Bertz CT molecular complexity index is 957. The Hall–Kier alpha value is -2.54. The van der Waals surface area contributed by atoms with Gasteiger partial charge in [-0.3, -0.25) is 9.10 Å². The lowest BCUT2D eigenvalue weighted by Gasteiger charge is -2.25. The standard InChI is InChI=1S/C22H30N2O4S/c1-6-21(20-12-11-16(3)13-17(20)4)23-22(25)15-24(29(5,26)27)18-9-8-10-19(14-18)28-7-2/h8-14,21H,6-7,15H2,1-5H3,(H,23,25)/t21-/m0/s1. The van der Waals surface area contributed by atoms with Crippen LogP contribution in [0.2, 0.25) is 0 Å². The van der Waals surface area contributed by atoms with Gasteiger partial charge in [-0.05, 0) is 50.5 Å². The van der Waals surface area contributed by atoms with Gasteiger partial charge in [0, 0.05) is 6.07 Å². The number of hydrogen-bond donors (Lipinski definition) is 1. The number of carbonyl (C=O) groups is 1. The number of benzene rings is 2. The molecule has 2 rings (SSSR count). The minimum Gasteiger partial charge on any atom is -0.494 e. The van der Waals surface area contributed by atoms with Crippen molar-refractivity contribution in [3.8, 4) is 5.75 Å². The number of rotatable bonds is 9. The molecule has 6 nitrogen and oxygen atoms in total. The number of anilines is 1. The summed E-state index contributed by atoms with van der Waals surface area (Å²) < 4.78 is 31.3. The normalized spacial score (nSPS) is 12.3. The third kappa shape index (κ3) is 6.22. The van der Waals surface area contributed by atoms with Crippen LogP contribution in [0.3, 0.4) is 0 Å². The molecule has 0 bridgehead atoms. The van der Waals surface area contributed by atoms with Crippen LogP contribution < -0.4 is 14.4 Å². The van der Waals surface area contributed by atoms with E-state index in [1.54, 1.807) is 24.3 Å². The summed E-state index contributed by atoms with van der Waals surface area (Å²) in [6, 6.07) is 12.7. The fraction of sp³-hybridized carbons (Fsp3) is 0.409. The number of nitrogens with one attached hydrogen (secondary N) is 1. The average molecular weight is 419 g/mol. The molecule has 0 unspecified atom stereocenters. The van der Waals surface area contributed by atoms with E-state index in [2.05, 4.69) is 11.4 Å². The molecule has 0 heterocycles. The summed E-state index contributed by atoms with van der Waals surface area (Å²) in [5.41, 5.74) is 3.69. The smallest absolute Gasteiger partial charge is 0.241 e. The second-order valence-corrected chi connectivity index (χ2v) is 9.00. The van der Waals surface area contributed by atoms with Crippen molar-refractivity contribution in [1.29, 1.82) is 0 Å². The van der Waals surface area contributed by atoms with E-state index in [0.29, 0.717) is 24.5 Å². The Morgan fingerprint density at radius 3 is 2.45 bits per heavy atom. The Labute approximate surface area is 173 Å². The number of carbonyl (C=O) groups excluding carboxylic acids is 1. The highest BCUT2D eigenvalue weighted by Gasteiger charge is 2.23. The van der Waals surface area contributed by atoms with E-state index in [-0.39, 0.29) is 18.5 Å². The molecule has 0 aliphatic carbocycles. The first-order valence-electron chi connectivity index (χ1n) is 9.72. The van der Waals surface area contributed by atoms with Crippen LogP contribution in [-0.2, 0) is 14.8 Å². The van der Waals surface area contributed by atoms with Crippen LogP contribution in [-0.4, -0.2) is 33.7 Å². The van der Waals surface area contributed by atoms with Crippen molar-refractivity contribution in [2.45, 2.75) is 40.2 Å². The third-order valence-electron chi connectivity index (χ3n) is 4.65. The molecule has 2 aromatic rings. The molecule has 158 valence electrons. The molecule has 0 saturated carbocycles. The van der Waals surface area contributed by atoms with Crippen LogP contribution in [0.1, 0.15) is 43.0 Å². The van der Waals surface area contributed by atoms with Crippen molar-refractivity contribution in [1.82, 2.24) is 5.32 Å². The molecule has 0 spiro atoms. The van der Waals surface area contributed by atoms with Gasteiger partial charge in [-0.1, -0.05) is 36.8 Å². The average Bonchev–Trinajstić information content (AvgIpc) is 2.64. The topological polar surface area (TPSA) is 75.7 Å². The van der Waals surface area contributed by atoms with Gasteiger partial charge in [0.05, 0.1) is 24.6 Å². The fourth-order valence-electron chi connectivity index (χ4n) is 3.28. The Kier molecular flexibility index (Phi) is 7.67. The minimum absolute atomic E-state index is 0.181. The zero-order valence-electron chi connectivity index (χ0n) is 17.7. The van der Waals surface area contributed by atoms with Crippen molar-refractivity contribution in [2.75, 3.05) is 23.7 Å². The highest BCUT2D eigenvalue weighted by Crippen LogP contribution is 2.24. The Morgan fingerprint density at radius 2 is 1.86 bits per heavy atom. The zero-order chi connectivity index (χ0) is 21.6. The molecule has 0 aliphatic rings. The first-order chi connectivity index (χ1) is 13.7. The van der Waals surface area contributed by atoms with E-state index >= 15 is 0 Å². The summed E-state index contributed by atoms with van der Waals surface area (Å²) in [4.78, 5) is 12.8. The van der Waals surface area contributed by atoms with Crippen molar-refractivity contribution >= 4 is 21.6 Å². The fourth-order valence-corrected chi connectivity index (χ4v) is 4.13. The number of nitrogens with zero attached hydrogens (tertiary/aromatic N) is 1. The van der Waals surface area contributed by atoms with Gasteiger partial charge in [-0.15, -0.1) is 0 Å². The summed E-state index contributed by atoms with van der Waals surface area (Å²) in [7, 11) is -3.65. The summed E-state index contributed by atoms with van der Waals surface area (Å²) in [5, 5.41) is 2.98. The summed E-state index contributed by atoms with van der Waals surface area (Å²) in [6.45, 7) is 8.05. The Balaban J connectivity index is 2.23. The predicted octanol–water partition coefficient (Wildman–Crippen LogP) is 3.74. The number of aryl methyl sites for hydroxylation is 2. The van der Waals surface area contributed by atoms with Crippen molar-refractivity contribution in [2.24, 2.45) is 0 Å². The van der Waals surface area contributed by atoms with Crippen LogP contribution in [0.15, 0.2) is 42.5 Å². The minimum atomic E-state index is -3.65. The van der Waals surface area contributed by atoms with E-state index in [9.17, 15) is 13.2 Å². The van der Waals surface area contributed by atoms with Gasteiger partial charge in [0.15, 0.2) is 0 Å². The first kappa shape index (κ1) is 22.7. The van der Waals surface area contributed by atoms with Crippen molar-refractivity contribution < 1.29 is 17.9 Å². The molecule has 7 heteroatoms. The van der Waals surface area contributed by atoms with E-state index in [4.69, 9.17) is 4.74 Å². The summed E-state index contributed by atoms with van der Waals surface area (Å²) in [5.74, 6) is 0.199. The molecular weight excluding hydrogens is 388 g/mol. The maximum absolute atomic E-state index is 12.8. The molecule has 0 aromatic heterocycles. The summed E-state index contributed by atoms with van der Waals surface area (Å²) in [6.07, 6.45) is 1.80. The number of sulfonamides is 1. The lowest BCUT2D eigenvalue weighted by atomic mass is 9.97. The maximum Gasteiger partial charge on any atom is 0.241 e. The lowest BCUT2D eigenvalue weighted by molar-refractivity contribution is -0.120. The molecule has 1 atom stereocenters. The highest BCUT2D eigenvalue weighted by molar-refractivity contribution is 7.92. The largest absolute Gasteiger partial charge is 0.494 e. The molecule has 1 N–H and O–H groups in total. The van der Waals surface area contributed by atoms with Gasteiger partial charge in [0.25, 0.3) is 0 Å². The van der Waals surface area contributed by atoms with Crippen molar-refractivity contribution in [3.63, 3.8) is 0 Å². The molecular formula is C22H30N2O4S. The van der Waals surface area contributed by atoms with Gasteiger partial charge in [-0.2, -0.15) is 0 Å². The van der Waals surface area contributed by atoms with E-state index < -0.39 is 10.0 Å². The molecule has 0 radical (unpaired) electrons. The molecule has 29 heavy (non-hydrogen) atoms. The number of ether oxygens (including phenoxy) is 1. The second-order valence-electron chi connectivity index (χ2n) is 7.09. The molecule has 0 saturated heterocycles. The first-order valence-corrected chi connectivity index (χ1v) is 11.6. The van der Waals surface area contributed by atoms with Crippen LogP contribution in [0.25, 0.3) is 0 Å². The number of amides is 1. The third-order valence-corrected chi connectivity index (χ3v) is 5.79. The van der Waals surface area contributed by atoms with E-state index in [0.717, 1.165) is 27.3 Å². The molecule has 0 fully saturated rings. The van der Waals surface area contributed by atoms with Crippen LogP contribution in [0.4, 0.5) is 5.69 Å². The van der Waals surface area contributed by atoms with Gasteiger partial charge in [0.2, 0.25) is 15.9 Å². The van der Waals surface area contributed by atoms with Gasteiger partial charge in [-0.25, -0.2) is 8.42 Å². The summed E-state index contributed by atoms with van der Waals surface area (Å²) >= 11 is 0. The van der Waals surface area contributed by atoms with Gasteiger partial charge < -0.3 is 10.1 Å².